The van der Waals surface area contributed by atoms with Crippen LogP contribution in [0.4, 0.5) is 5.69 Å². The number of fused-ring (bicyclic) bond motifs is 2. The Hall–Kier alpha value is -3.72. The summed E-state index contributed by atoms with van der Waals surface area (Å²) in [5.74, 6) is 0.805. The zero-order valence-electron chi connectivity index (χ0n) is 19.0. The summed E-state index contributed by atoms with van der Waals surface area (Å²) in [6.45, 7) is 4.67. The molecule has 2 fully saturated rings. The molecule has 9 nitrogen and oxygen atoms in total. The fourth-order valence-corrected chi connectivity index (χ4v) is 4.94. The van der Waals surface area contributed by atoms with Gasteiger partial charge in [-0.1, -0.05) is 37.3 Å². The Labute approximate surface area is 196 Å². The van der Waals surface area contributed by atoms with Gasteiger partial charge in [-0.15, -0.1) is 0 Å². The SMILES string of the molecule is CCc1oc2ccccc2c1CN1CCN2C(=O)CN(Cc3ccc([N+](=O)[O-])cc3)C(=O)C2C1. The number of furan rings is 1. The average Bonchev–Trinajstić information content (AvgIpc) is 3.20. The monoisotopic (exact) mass is 462 g/mol. The van der Waals surface area contributed by atoms with Gasteiger partial charge in [0.15, 0.2) is 0 Å². The zero-order valence-corrected chi connectivity index (χ0v) is 19.0. The van der Waals surface area contributed by atoms with E-state index in [1.807, 2.05) is 18.2 Å². The van der Waals surface area contributed by atoms with Crippen molar-refractivity contribution in [3.8, 4) is 0 Å². The van der Waals surface area contributed by atoms with E-state index in [0.29, 0.717) is 26.2 Å². The number of hydrogen-bond acceptors (Lipinski definition) is 6. The number of non-ortho nitro benzene ring substituents is 1. The van der Waals surface area contributed by atoms with Gasteiger partial charge in [0.25, 0.3) is 5.69 Å². The predicted molar refractivity (Wildman–Crippen MR) is 125 cm³/mol. The molecule has 0 N–H and O–H groups in total. The highest BCUT2D eigenvalue weighted by Gasteiger charge is 2.42. The van der Waals surface area contributed by atoms with Crippen LogP contribution in [0.2, 0.25) is 0 Å². The summed E-state index contributed by atoms with van der Waals surface area (Å²) in [7, 11) is 0. The van der Waals surface area contributed by atoms with Gasteiger partial charge in [0, 0.05) is 62.2 Å². The molecule has 0 spiro atoms. The van der Waals surface area contributed by atoms with Crippen molar-refractivity contribution in [2.75, 3.05) is 26.2 Å². The van der Waals surface area contributed by atoms with E-state index in [0.717, 1.165) is 34.3 Å². The molecule has 3 heterocycles. The van der Waals surface area contributed by atoms with E-state index in [1.54, 1.807) is 21.9 Å². The zero-order chi connectivity index (χ0) is 23.8. The molecular weight excluding hydrogens is 436 g/mol. The Morgan fingerprint density at radius 2 is 1.82 bits per heavy atom. The number of para-hydroxylation sites is 1. The maximum absolute atomic E-state index is 13.3. The molecule has 2 aromatic carbocycles. The lowest BCUT2D eigenvalue weighted by Crippen LogP contribution is -2.66. The van der Waals surface area contributed by atoms with Gasteiger partial charge in [-0.3, -0.25) is 24.6 Å². The summed E-state index contributed by atoms with van der Waals surface area (Å²) in [6.07, 6.45) is 0.786. The number of rotatable bonds is 6. The standard InChI is InChI=1S/C25H26N4O5/c1-2-22-20(19-5-3-4-6-23(19)34-22)14-26-11-12-28-21(15-26)25(31)27(16-24(28)30)13-17-7-9-18(10-8-17)29(32)33/h3-10,21H,2,11-16H2,1H3. The molecule has 2 aliphatic heterocycles. The topological polar surface area (TPSA) is 100 Å². The molecule has 0 saturated carbocycles. The highest BCUT2D eigenvalue weighted by Crippen LogP contribution is 2.29. The van der Waals surface area contributed by atoms with Crippen molar-refractivity contribution >= 4 is 28.5 Å². The van der Waals surface area contributed by atoms with Crippen molar-refractivity contribution in [2.45, 2.75) is 32.5 Å². The van der Waals surface area contributed by atoms with Crippen molar-refractivity contribution in [3.63, 3.8) is 0 Å². The van der Waals surface area contributed by atoms with Crippen LogP contribution in [0.5, 0.6) is 0 Å². The Morgan fingerprint density at radius 1 is 1.06 bits per heavy atom. The number of carbonyl (C=O) groups excluding carboxylic acids is 2. The highest BCUT2D eigenvalue weighted by atomic mass is 16.6. The number of carbonyl (C=O) groups is 2. The number of aryl methyl sites for hydroxylation is 1. The van der Waals surface area contributed by atoms with Gasteiger partial charge < -0.3 is 14.2 Å². The van der Waals surface area contributed by atoms with Crippen LogP contribution in [0.15, 0.2) is 52.9 Å². The first-order chi connectivity index (χ1) is 16.4. The Balaban J connectivity index is 1.32. The number of nitro groups is 1. The van der Waals surface area contributed by atoms with E-state index < -0.39 is 11.0 Å². The lowest BCUT2D eigenvalue weighted by atomic mass is 10.0. The van der Waals surface area contributed by atoms with Crippen molar-refractivity contribution < 1.29 is 18.9 Å². The van der Waals surface area contributed by atoms with Gasteiger partial charge in [0.2, 0.25) is 11.8 Å². The average molecular weight is 463 g/mol. The molecule has 2 saturated heterocycles. The van der Waals surface area contributed by atoms with Crippen molar-refractivity contribution in [2.24, 2.45) is 0 Å². The van der Waals surface area contributed by atoms with E-state index in [9.17, 15) is 19.7 Å². The molecule has 1 atom stereocenters. The molecule has 0 aliphatic carbocycles. The molecule has 34 heavy (non-hydrogen) atoms. The molecule has 9 heteroatoms. The number of benzene rings is 2. The van der Waals surface area contributed by atoms with Crippen LogP contribution in [-0.2, 0) is 29.1 Å². The lowest BCUT2D eigenvalue weighted by Gasteiger charge is -2.46. The summed E-state index contributed by atoms with van der Waals surface area (Å²) in [5, 5.41) is 12.0. The summed E-state index contributed by atoms with van der Waals surface area (Å²) >= 11 is 0. The second-order valence-electron chi connectivity index (χ2n) is 8.81. The molecule has 2 aliphatic rings. The molecule has 3 aromatic rings. The molecule has 176 valence electrons. The van der Waals surface area contributed by atoms with Crippen LogP contribution in [0, 0.1) is 10.1 Å². The minimum absolute atomic E-state index is 0.00267. The van der Waals surface area contributed by atoms with Crippen molar-refractivity contribution in [1.29, 1.82) is 0 Å². The van der Waals surface area contributed by atoms with Crippen LogP contribution in [-0.4, -0.2) is 63.7 Å². The minimum Gasteiger partial charge on any atom is -0.461 e. The molecule has 0 radical (unpaired) electrons. The molecular formula is C25H26N4O5. The van der Waals surface area contributed by atoms with Gasteiger partial charge in [0.1, 0.15) is 23.9 Å². The second kappa shape index (κ2) is 8.90. The maximum atomic E-state index is 13.3. The lowest BCUT2D eigenvalue weighted by molar-refractivity contribution is -0.384. The molecule has 2 amide bonds. The second-order valence-corrected chi connectivity index (χ2v) is 8.81. The molecule has 5 rings (SSSR count). The highest BCUT2D eigenvalue weighted by molar-refractivity contribution is 5.95. The quantitative estimate of drug-likeness (QED) is 0.412. The predicted octanol–water partition coefficient (Wildman–Crippen LogP) is 2.96. The van der Waals surface area contributed by atoms with Crippen molar-refractivity contribution in [1.82, 2.24) is 14.7 Å². The first-order valence-electron chi connectivity index (χ1n) is 11.5. The van der Waals surface area contributed by atoms with Gasteiger partial charge in [-0.05, 0) is 11.6 Å². The first kappa shape index (κ1) is 22.1. The van der Waals surface area contributed by atoms with Gasteiger partial charge in [-0.2, -0.15) is 0 Å². The smallest absolute Gasteiger partial charge is 0.269 e. The number of hydrogen-bond donors (Lipinski definition) is 0. The van der Waals surface area contributed by atoms with E-state index in [2.05, 4.69) is 17.9 Å². The summed E-state index contributed by atoms with van der Waals surface area (Å²) in [4.78, 5) is 42.1. The summed E-state index contributed by atoms with van der Waals surface area (Å²) in [5.41, 5.74) is 2.76. The third-order valence-electron chi connectivity index (χ3n) is 6.71. The van der Waals surface area contributed by atoms with E-state index in [-0.39, 0.29) is 30.6 Å². The molecule has 1 unspecified atom stereocenters. The first-order valence-corrected chi connectivity index (χ1v) is 11.5. The summed E-state index contributed by atoms with van der Waals surface area (Å²) < 4.78 is 6.03. The summed E-state index contributed by atoms with van der Waals surface area (Å²) in [6, 6.07) is 13.5. The van der Waals surface area contributed by atoms with Crippen LogP contribution >= 0.6 is 0 Å². The normalized spacial score (nSPS) is 19.0. The Kier molecular flexibility index (Phi) is 5.79. The van der Waals surface area contributed by atoms with Gasteiger partial charge in [0.05, 0.1) is 4.92 Å². The van der Waals surface area contributed by atoms with Crippen molar-refractivity contribution in [3.05, 3.63) is 75.5 Å². The van der Waals surface area contributed by atoms with Crippen LogP contribution < -0.4 is 0 Å². The molecule has 0 bridgehead atoms. The third-order valence-corrected chi connectivity index (χ3v) is 6.71. The largest absolute Gasteiger partial charge is 0.461 e. The molecule has 1 aromatic heterocycles. The van der Waals surface area contributed by atoms with Crippen LogP contribution in [0.1, 0.15) is 23.8 Å². The fourth-order valence-electron chi connectivity index (χ4n) is 4.94. The Bertz CT molecular complexity index is 1250. The van der Waals surface area contributed by atoms with Gasteiger partial charge in [-0.25, -0.2) is 0 Å². The number of amides is 2. The number of piperazine rings is 2. The maximum Gasteiger partial charge on any atom is 0.269 e. The van der Waals surface area contributed by atoms with E-state index >= 15 is 0 Å². The minimum atomic E-state index is -0.531. The van der Waals surface area contributed by atoms with Crippen LogP contribution in [0.25, 0.3) is 11.0 Å². The number of nitro benzene ring substituents is 1. The van der Waals surface area contributed by atoms with Gasteiger partial charge >= 0.3 is 0 Å². The fraction of sp³-hybridized carbons (Fsp3) is 0.360. The number of nitrogens with zero attached hydrogens (tertiary/aromatic N) is 4. The van der Waals surface area contributed by atoms with Crippen LogP contribution in [0.3, 0.4) is 0 Å². The Morgan fingerprint density at radius 3 is 2.56 bits per heavy atom. The van der Waals surface area contributed by atoms with E-state index in [1.165, 1.54) is 12.1 Å². The third kappa shape index (κ3) is 4.03. The van der Waals surface area contributed by atoms with E-state index in [4.69, 9.17) is 4.42 Å².